The molecule has 2 heteroatoms. The summed E-state index contributed by atoms with van der Waals surface area (Å²) in [6.45, 7) is 12.1. The van der Waals surface area contributed by atoms with Crippen LogP contribution in [-0.2, 0) is 0 Å². The van der Waals surface area contributed by atoms with Crippen LogP contribution in [0.5, 0.6) is 0 Å². The van der Waals surface area contributed by atoms with Crippen molar-refractivity contribution < 1.29 is 0 Å². The Morgan fingerprint density at radius 2 is 1.94 bits per heavy atom. The zero-order valence-electron chi connectivity index (χ0n) is 12.9. The Morgan fingerprint density at radius 1 is 1.17 bits per heavy atom. The summed E-state index contributed by atoms with van der Waals surface area (Å²) in [6.07, 6.45) is 9.63. The normalized spacial score (nSPS) is 23.8. The third-order valence-electron chi connectivity index (χ3n) is 4.42. The molecule has 1 aliphatic heterocycles. The molecule has 1 heterocycles. The van der Waals surface area contributed by atoms with Gasteiger partial charge in [-0.3, -0.25) is 0 Å². The lowest BCUT2D eigenvalue weighted by Crippen LogP contribution is -2.42. The lowest BCUT2D eigenvalue weighted by molar-refractivity contribution is 0.234. The molecule has 2 unspecified atom stereocenters. The zero-order valence-corrected chi connectivity index (χ0v) is 12.9. The van der Waals surface area contributed by atoms with Crippen molar-refractivity contribution in [2.24, 2.45) is 5.92 Å². The number of rotatable bonds is 8. The van der Waals surface area contributed by atoms with Gasteiger partial charge in [-0.2, -0.15) is 0 Å². The van der Waals surface area contributed by atoms with Crippen LogP contribution in [0.15, 0.2) is 0 Å². The topological polar surface area (TPSA) is 15.3 Å². The average Bonchev–Trinajstić information content (AvgIpc) is 2.63. The maximum absolute atomic E-state index is 3.73. The Bertz CT molecular complexity index is 194. The van der Waals surface area contributed by atoms with E-state index in [0.29, 0.717) is 6.04 Å². The molecule has 18 heavy (non-hydrogen) atoms. The third kappa shape index (κ3) is 6.19. The standard InChI is InChI=1S/C16H34N2/c1-4-6-7-8-9-12-18-13-10-11-17-16(14-18)15(3)5-2/h15-17H,4-14H2,1-3H3. The van der Waals surface area contributed by atoms with Gasteiger partial charge in [-0.05, 0) is 38.4 Å². The molecule has 0 bridgehead atoms. The predicted octanol–water partition coefficient (Wildman–Crippen LogP) is 3.67. The fraction of sp³-hybridized carbons (Fsp3) is 1.00. The summed E-state index contributed by atoms with van der Waals surface area (Å²) in [6, 6.07) is 0.716. The largest absolute Gasteiger partial charge is 0.312 e. The van der Waals surface area contributed by atoms with Crippen molar-refractivity contribution in [1.82, 2.24) is 10.2 Å². The summed E-state index contributed by atoms with van der Waals surface area (Å²) < 4.78 is 0. The second kappa shape index (κ2) is 9.80. The molecular formula is C16H34N2. The molecule has 0 radical (unpaired) electrons. The van der Waals surface area contributed by atoms with E-state index in [9.17, 15) is 0 Å². The Morgan fingerprint density at radius 3 is 2.67 bits per heavy atom. The highest BCUT2D eigenvalue weighted by molar-refractivity contribution is 4.80. The van der Waals surface area contributed by atoms with Crippen molar-refractivity contribution in [2.75, 3.05) is 26.2 Å². The lowest BCUT2D eigenvalue weighted by Gasteiger charge is -2.28. The summed E-state index contributed by atoms with van der Waals surface area (Å²) in [5, 5.41) is 3.73. The SMILES string of the molecule is CCCCCCCN1CCCNC(C(C)CC)C1. The van der Waals surface area contributed by atoms with Crippen LogP contribution in [0.2, 0.25) is 0 Å². The van der Waals surface area contributed by atoms with Crippen LogP contribution in [0.25, 0.3) is 0 Å². The summed E-state index contributed by atoms with van der Waals surface area (Å²) in [4.78, 5) is 2.70. The van der Waals surface area contributed by atoms with E-state index in [2.05, 4.69) is 31.0 Å². The maximum atomic E-state index is 3.73. The van der Waals surface area contributed by atoms with Crippen LogP contribution in [0, 0.1) is 5.92 Å². The van der Waals surface area contributed by atoms with Crippen LogP contribution in [0.3, 0.4) is 0 Å². The highest BCUT2D eigenvalue weighted by atomic mass is 15.2. The van der Waals surface area contributed by atoms with Gasteiger partial charge >= 0.3 is 0 Å². The molecule has 1 aliphatic rings. The molecule has 1 fully saturated rings. The van der Waals surface area contributed by atoms with Gasteiger partial charge in [0.05, 0.1) is 0 Å². The molecule has 0 amide bonds. The van der Waals surface area contributed by atoms with Crippen molar-refractivity contribution in [1.29, 1.82) is 0 Å². The molecule has 0 aliphatic carbocycles. The number of unbranched alkanes of at least 4 members (excludes halogenated alkanes) is 4. The minimum Gasteiger partial charge on any atom is -0.312 e. The monoisotopic (exact) mass is 254 g/mol. The fourth-order valence-corrected chi connectivity index (χ4v) is 2.83. The number of hydrogen-bond donors (Lipinski definition) is 1. The second-order valence-corrected chi connectivity index (χ2v) is 6.01. The molecule has 108 valence electrons. The first-order valence-electron chi connectivity index (χ1n) is 8.23. The Labute approximate surface area is 115 Å². The van der Waals surface area contributed by atoms with Crippen LogP contribution in [0.4, 0.5) is 0 Å². The summed E-state index contributed by atoms with van der Waals surface area (Å²) in [5.41, 5.74) is 0. The second-order valence-electron chi connectivity index (χ2n) is 6.01. The molecule has 0 aromatic carbocycles. The van der Waals surface area contributed by atoms with E-state index in [0.717, 1.165) is 5.92 Å². The smallest absolute Gasteiger partial charge is 0.0220 e. The van der Waals surface area contributed by atoms with Gasteiger partial charge in [0, 0.05) is 12.6 Å². The highest BCUT2D eigenvalue weighted by Crippen LogP contribution is 2.13. The van der Waals surface area contributed by atoms with Crippen molar-refractivity contribution >= 4 is 0 Å². The molecule has 1 rings (SSSR count). The zero-order chi connectivity index (χ0) is 13.2. The first-order valence-corrected chi connectivity index (χ1v) is 8.23. The van der Waals surface area contributed by atoms with Gasteiger partial charge in [-0.1, -0.05) is 52.9 Å². The lowest BCUT2D eigenvalue weighted by atomic mass is 9.99. The first kappa shape index (κ1) is 16.0. The van der Waals surface area contributed by atoms with E-state index in [-0.39, 0.29) is 0 Å². The van der Waals surface area contributed by atoms with Crippen molar-refractivity contribution in [2.45, 2.75) is 71.8 Å². The van der Waals surface area contributed by atoms with Crippen molar-refractivity contribution in [3.05, 3.63) is 0 Å². The van der Waals surface area contributed by atoms with E-state index < -0.39 is 0 Å². The van der Waals surface area contributed by atoms with E-state index in [1.165, 1.54) is 71.1 Å². The van der Waals surface area contributed by atoms with Gasteiger partial charge < -0.3 is 10.2 Å². The number of nitrogens with zero attached hydrogens (tertiary/aromatic N) is 1. The summed E-state index contributed by atoms with van der Waals surface area (Å²) >= 11 is 0. The van der Waals surface area contributed by atoms with Gasteiger partial charge in [-0.15, -0.1) is 0 Å². The number of nitrogens with one attached hydrogen (secondary N) is 1. The Hall–Kier alpha value is -0.0800. The molecule has 0 spiro atoms. The third-order valence-corrected chi connectivity index (χ3v) is 4.42. The van der Waals surface area contributed by atoms with Crippen molar-refractivity contribution in [3.63, 3.8) is 0 Å². The van der Waals surface area contributed by atoms with Gasteiger partial charge in [-0.25, -0.2) is 0 Å². The molecule has 0 saturated carbocycles. The minimum atomic E-state index is 0.716. The molecule has 2 nitrogen and oxygen atoms in total. The van der Waals surface area contributed by atoms with Gasteiger partial charge in [0.2, 0.25) is 0 Å². The average molecular weight is 254 g/mol. The summed E-state index contributed by atoms with van der Waals surface area (Å²) in [5.74, 6) is 0.811. The van der Waals surface area contributed by atoms with E-state index in [4.69, 9.17) is 0 Å². The van der Waals surface area contributed by atoms with Crippen LogP contribution in [-0.4, -0.2) is 37.1 Å². The van der Waals surface area contributed by atoms with Gasteiger partial charge in [0.1, 0.15) is 0 Å². The highest BCUT2D eigenvalue weighted by Gasteiger charge is 2.21. The molecular weight excluding hydrogens is 220 g/mol. The summed E-state index contributed by atoms with van der Waals surface area (Å²) in [7, 11) is 0. The van der Waals surface area contributed by atoms with Gasteiger partial charge in [0.15, 0.2) is 0 Å². The van der Waals surface area contributed by atoms with E-state index in [1.807, 2.05) is 0 Å². The molecule has 0 aromatic heterocycles. The fourth-order valence-electron chi connectivity index (χ4n) is 2.83. The van der Waals surface area contributed by atoms with Crippen LogP contribution in [0.1, 0.15) is 65.7 Å². The molecule has 1 saturated heterocycles. The quantitative estimate of drug-likeness (QED) is 0.665. The Kier molecular flexibility index (Phi) is 8.70. The first-order chi connectivity index (χ1) is 8.77. The van der Waals surface area contributed by atoms with E-state index >= 15 is 0 Å². The van der Waals surface area contributed by atoms with Crippen LogP contribution < -0.4 is 5.32 Å². The van der Waals surface area contributed by atoms with E-state index in [1.54, 1.807) is 0 Å². The number of hydrogen-bond acceptors (Lipinski definition) is 2. The van der Waals surface area contributed by atoms with Crippen LogP contribution >= 0.6 is 0 Å². The molecule has 1 N–H and O–H groups in total. The maximum Gasteiger partial charge on any atom is 0.0220 e. The Balaban J connectivity index is 2.22. The predicted molar refractivity (Wildman–Crippen MR) is 81.1 cm³/mol. The van der Waals surface area contributed by atoms with Gasteiger partial charge in [0.25, 0.3) is 0 Å². The molecule has 2 atom stereocenters. The molecule has 0 aromatic rings. The minimum absolute atomic E-state index is 0.716. The van der Waals surface area contributed by atoms with Crippen molar-refractivity contribution in [3.8, 4) is 0 Å².